The first kappa shape index (κ1) is 23.8. The molecule has 2 aromatic carbocycles. The summed E-state index contributed by atoms with van der Waals surface area (Å²) in [6.07, 6.45) is -4.24. The monoisotopic (exact) mass is 504 g/mol. The number of carbonyl (C=O) groups is 1. The summed E-state index contributed by atoms with van der Waals surface area (Å²) in [5.41, 5.74) is -1.05. The van der Waals surface area contributed by atoms with Crippen LogP contribution in [0.25, 0.3) is 0 Å². The van der Waals surface area contributed by atoms with Crippen LogP contribution in [0.4, 0.5) is 24.7 Å². The number of aromatic nitrogens is 1. The molecule has 12 heteroatoms. The van der Waals surface area contributed by atoms with E-state index in [0.717, 1.165) is 12.1 Å². The summed E-state index contributed by atoms with van der Waals surface area (Å²) in [6, 6.07) is 11.0. The molecule has 0 aliphatic heterocycles. The molecule has 3 rings (SSSR count). The molecule has 0 bridgehead atoms. The molecule has 0 atom stereocenters. The molecule has 0 aliphatic carbocycles. The maximum atomic E-state index is 13.5. The third-order valence-corrected chi connectivity index (χ3v) is 6.44. The molecule has 6 nitrogen and oxygen atoms in total. The van der Waals surface area contributed by atoms with Gasteiger partial charge in [-0.2, -0.15) is 13.2 Å². The van der Waals surface area contributed by atoms with E-state index < -0.39 is 38.6 Å². The first-order chi connectivity index (χ1) is 14.9. The molecule has 0 saturated heterocycles. The zero-order valence-electron chi connectivity index (χ0n) is 16.1. The van der Waals surface area contributed by atoms with Crippen LogP contribution in [-0.2, 0) is 20.9 Å². The topological polar surface area (TPSA) is 76.6 Å². The van der Waals surface area contributed by atoms with Crippen molar-refractivity contribution in [1.82, 2.24) is 4.98 Å². The SMILES string of the molecule is COC(=O)c1ccc(S(=O)(=O)N(c2cccc(Cl)c2)c2ncc(C(F)(F)F)cc2Cl)cc1. The van der Waals surface area contributed by atoms with Crippen LogP contribution >= 0.6 is 23.2 Å². The second kappa shape index (κ2) is 8.97. The highest BCUT2D eigenvalue weighted by molar-refractivity contribution is 7.93. The van der Waals surface area contributed by atoms with Gasteiger partial charge in [0.05, 0.1) is 33.8 Å². The van der Waals surface area contributed by atoms with Crippen LogP contribution in [0, 0.1) is 0 Å². The molecule has 0 radical (unpaired) electrons. The van der Waals surface area contributed by atoms with E-state index in [1.165, 1.54) is 43.5 Å². The molecular formula is C20H13Cl2F3N2O4S. The summed E-state index contributed by atoms with van der Waals surface area (Å²) < 4.78 is 71.3. The number of rotatable bonds is 5. The van der Waals surface area contributed by atoms with E-state index >= 15 is 0 Å². The Hall–Kier alpha value is -2.82. The van der Waals surface area contributed by atoms with Gasteiger partial charge in [0, 0.05) is 11.2 Å². The van der Waals surface area contributed by atoms with Crippen LogP contribution < -0.4 is 4.31 Å². The first-order valence-corrected chi connectivity index (χ1v) is 10.9. The summed E-state index contributed by atoms with van der Waals surface area (Å²) in [4.78, 5) is 15.0. The minimum absolute atomic E-state index is 0.0105. The number of benzene rings is 2. The Morgan fingerprint density at radius 2 is 1.72 bits per heavy atom. The van der Waals surface area contributed by atoms with Crippen LogP contribution in [0.1, 0.15) is 15.9 Å². The highest BCUT2D eigenvalue weighted by atomic mass is 35.5. The summed E-state index contributed by atoms with van der Waals surface area (Å²) >= 11 is 12.0. The maximum Gasteiger partial charge on any atom is 0.417 e. The number of sulfonamides is 1. The predicted octanol–water partition coefficient (Wildman–Crippen LogP) is 5.72. The van der Waals surface area contributed by atoms with Crippen molar-refractivity contribution in [2.24, 2.45) is 0 Å². The molecular weight excluding hydrogens is 492 g/mol. The van der Waals surface area contributed by atoms with Crippen LogP contribution in [0.15, 0.2) is 65.7 Å². The van der Waals surface area contributed by atoms with Gasteiger partial charge in [0.2, 0.25) is 0 Å². The number of methoxy groups -OCH3 is 1. The van der Waals surface area contributed by atoms with E-state index in [1.54, 1.807) is 0 Å². The molecule has 168 valence electrons. The molecule has 0 amide bonds. The second-order valence-corrected chi connectivity index (χ2v) is 8.92. The lowest BCUT2D eigenvalue weighted by molar-refractivity contribution is -0.137. The summed E-state index contributed by atoms with van der Waals surface area (Å²) in [6.45, 7) is 0. The van der Waals surface area contributed by atoms with Gasteiger partial charge in [-0.3, -0.25) is 0 Å². The van der Waals surface area contributed by atoms with Gasteiger partial charge >= 0.3 is 12.1 Å². The average Bonchev–Trinajstić information content (AvgIpc) is 2.74. The summed E-state index contributed by atoms with van der Waals surface area (Å²) in [5.74, 6) is -1.13. The lowest BCUT2D eigenvalue weighted by atomic mass is 10.2. The highest BCUT2D eigenvalue weighted by Gasteiger charge is 2.34. The van der Waals surface area contributed by atoms with E-state index in [4.69, 9.17) is 23.2 Å². The largest absolute Gasteiger partial charge is 0.465 e. The van der Waals surface area contributed by atoms with E-state index in [2.05, 4.69) is 9.72 Å². The second-order valence-electron chi connectivity index (χ2n) is 6.29. The van der Waals surface area contributed by atoms with Crippen LogP contribution in [0.5, 0.6) is 0 Å². The van der Waals surface area contributed by atoms with Gasteiger partial charge in [0.1, 0.15) is 0 Å². The van der Waals surface area contributed by atoms with Crippen molar-refractivity contribution < 1.29 is 31.1 Å². The molecule has 32 heavy (non-hydrogen) atoms. The zero-order chi connectivity index (χ0) is 23.7. The van der Waals surface area contributed by atoms with Crippen molar-refractivity contribution in [3.05, 3.63) is 82.0 Å². The number of pyridine rings is 1. The smallest absolute Gasteiger partial charge is 0.417 e. The third kappa shape index (κ3) is 4.82. The van der Waals surface area contributed by atoms with Gasteiger partial charge in [-0.25, -0.2) is 22.5 Å². The molecule has 0 spiro atoms. The van der Waals surface area contributed by atoms with Gasteiger partial charge in [-0.15, -0.1) is 0 Å². The fraction of sp³-hybridized carbons (Fsp3) is 0.100. The number of alkyl halides is 3. The van der Waals surface area contributed by atoms with E-state index in [1.807, 2.05) is 0 Å². The van der Waals surface area contributed by atoms with Crippen molar-refractivity contribution in [3.8, 4) is 0 Å². The third-order valence-electron chi connectivity index (χ3n) is 4.20. The van der Waals surface area contributed by atoms with Crippen molar-refractivity contribution in [1.29, 1.82) is 0 Å². The molecule has 0 unspecified atom stereocenters. The van der Waals surface area contributed by atoms with Gasteiger partial charge in [-0.05, 0) is 48.5 Å². The lowest BCUT2D eigenvalue weighted by Gasteiger charge is -2.25. The Kier molecular flexibility index (Phi) is 6.68. The predicted molar refractivity (Wildman–Crippen MR) is 113 cm³/mol. The molecule has 0 fully saturated rings. The number of carbonyl (C=O) groups excluding carboxylic acids is 1. The minimum atomic E-state index is -4.72. The van der Waals surface area contributed by atoms with Crippen LogP contribution in [-0.4, -0.2) is 26.5 Å². The number of hydrogen-bond acceptors (Lipinski definition) is 5. The fourth-order valence-corrected chi connectivity index (χ4v) is 4.64. The molecule has 0 N–H and O–H groups in total. The molecule has 1 heterocycles. The van der Waals surface area contributed by atoms with Gasteiger partial charge in [0.15, 0.2) is 5.82 Å². The number of ether oxygens (including phenoxy) is 1. The van der Waals surface area contributed by atoms with E-state index in [-0.39, 0.29) is 21.2 Å². The van der Waals surface area contributed by atoms with Gasteiger partial charge < -0.3 is 4.74 Å². The Labute approximate surface area is 191 Å². The van der Waals surface area contributed by atoms with Crippen LogP contribution in [0.2, 0.25) is 10.0 Å². The van der Waals surface area contributed by atoms with Crippen molar-refractivity contribution >= 4 is 50.7 Å². The highest BCUT2D eigenvalue weighted by Crippen LogP contribution is 2.39. The quantitative estimate of drug-likeness (QED) is 0.415. The van der Waals surface area contributed by atoms with Gasteiger partial charge in [0.25, 0.3) is 10.0 Å². The number of hydrogen-bond donors (Lipinski definition) is 0. The number of halogens is 5. The molecule has 0 saturated carbocycles. The summed E-state index contributed by atoms with van der Waals surface area (Å²) in [5, 5.41) is -0.374. The number of esters is 1. The maximum absolute atomic E-state index is 13.5. The van der Waals surface area contributed by atoms with Crippen LogP contribution in [0.3, 0.4) is 0 Å². The van der Waals surface area contributed by atoms with E-state index in [9.17, 15) is 26.4 Å². The van der Waals surface area contributed by atoms with Crippen molar-refractivity contribution in [3.63, 3.8) is 0 Å². The summed E-state index contributed by atoms with van der Waals surface area (Å²) in [7, 11) is -3.28. The molecule has 1 aromatic heterocycles. The standard InChI is InChI=1S/C20H13Cl2F3N2O4S/c1-31-19(28)12-5-7-16(8-6-12)32(29,30)27(15-4-2-3-14(21)10-15)18-17(22)9-13(11-26-18)20(23,24)25/h2-11H,1H3. The zero-order valence-corrected chi connectivity index (χ0v) is 18.4. The molecule has 3 aromatic rings. The number of nitrogens with zero attached hydrogens (tertiary/aromatic N) is 2. The van der Waals surface area contributed by atoms with Crippen molar-refractivity contribution in [2.45, 2.75) is 11.1 Å². The van der Waals surface area contributed by atoms with E-state index in [0.29, 0.717) is 16.6 Å². The Balaban J connectivity index is 2.19. The fourth-order valence-electron chi connectivity index (χ4n) is 2.70. The Morgan fingerprint density at radius 1 is 1.06 bits per heavy atom. The normalized spacial score (nSPS) is 11.8. The minimum Gasteiger partial charge on any atom is -0.465 e. The van der Waals surface area contributed by atoms with Gasteiger partial charge in [-0.1, -0.05) is 29.3 Å². The first-order valence-electron chi connectivity index (χ1n) is 8.67. The Bertz CT molecular complexity index is 1270. The average molecular weight is 505 g/mol. The Morgan fingerprint density at radius 3 is 2.25 bits per heavy atom. The number of anilines is 2. The van der Waals surface area contributed by atoms with Crippen molar-refractivity contribution in [2.75, 3.05) is 11.4 Å². The molecule has 0 aliphatic rings. The lowest BCUT2D eigenvalue weighted by Crippen LogP contribution is -2.27.